The van der Waals surface area contributed by atoms with Crippen LogP contribution in [0.3, 0.4) is 0 Å². The second-order valence-electron chi connectivity index (χ2n) is 18.0. The van der Waals surface area contributed by atoms with E-state index < -0.39 is 23.0 Å². The minimum absolute atomic E-state index is 0.247. The van der Waals surface area contributed by atoms with Crippen molar-refractivity contribution in [3.63, 3.8) is 0 Å². The van der Waals surface area contributed by atoms with Gasteiger partial charge in [-0.25, -0.2) is 0 Å². The molecule has 0 saturated carbocycles. The van der Waals surface area contributed by atoms with Crippen LogP contribution in [0, 0.1) is 13.8 Å². The van der Waals surface area contributed by atoms with Crippen molar-refractivity contribution >= 4 is 28.5 Å². The van der Waals surface area contributed by atoms with Crippen molar-refractivity contribution in [3.05, 3.63) is 11.4 Å². The van der Waals surface area contributed by atoms with E-state index in [1.165, 1.54) is 11.4 Å². The predicted octanol–water partition coefficient (Wildman–Crippen LogP) is 9.02. The summed E-state index contributed by atoms with van der Waals surface area (Å²) in [7, 11) is -0.708. The number of imidazole rings is 1. The molecule has 0 amide bonds. The largest absolute Gasteiger partial charge is 0.267 e. The van der Waals surface area contributed by atoms with Crippen LogP contribution in [0.1, 0.15) is 136 Å². The summed E-state index contributed by atoms with van der Waals surface area (Å²) >= 11 is 0. The van der Waals surface area contributed by atoms with Crippen molar-refractivity contribution < 1.29 is 4.57 Å². The van der Waals surface area contributed by atoms with Crippen LogP contribution in [-0.4, -0.2) is 27.6 Å². The normalized spacial score (nSPS) is 15.5. The van der Waals surface area contributed by atoms with E-state index in [-0.39, 0.29) is 30.2 Å². The molecule has 1 heterocycles. The molecular weight excluding hydrogens is 485 g/mol. The Bertz CT molecular complexity index is 796. The number of rotatable bonds is 3. The highest BCUT2D eigenvalue weighted by Crippen LogP contribution is 2.71. The Labute approximate surface area is 231 Å². The molecule has 0 aliphatic carbocycles. The number of hydrogen-bond acceptors (Lipinski definition) is 0. The van der Waals surface area contributed by atoms with Crippen LogP contribution >= 0.6 is 0 Å². The smallest absolute Gasteiger partial charge is 0.139 e. The fourth-order valence-corrected chi connectivity index (χ4v) is 75.7. The van der Waals surface area contributed by atoms with Crippen LogP contribution in [0.5, 0.6) is 0 Å². The summed E-state index contributed by atoms with van der Waals surface area (Å²) in [6.45, 7) is 52.1. The number of aromatic nitrogens is 2. The molecule has 1 rings (SSSR count). The first-order chi connectivity index (χ1) is 15.4. The van der Waals surface area contributed by atoms with E-state index in [9.17, 15) is 0 Å². The Hall–Kier alpha value is -0.139. The average Bonchev–Trinajstić information content (AvgIpc) is 2.70. The molecule has 0 radical (unpaired) electrons. The molecule has 1 aromatic heterocycles. The zero-order chi connectivity index (χ0) is 29.5. The third kappa shape index (κ3) is 4.53. The van der Waals surface area contributed by atoms with Gasteiger partial charge in [0.1, 0.15) is 11.4 Å². The second kappa shape index (κ2) is 9.21. The quantitative estimate of drug-likeness (QED) is 0.262. The first-order valence-corrected chi connectivity index (χ1v) is 21.8. The van der Waals surface area contributed by atoms with E-state index in [1.54, 1.807) is 5.45 Å². The van der Waals surface area contributed by atoms with Crippen LogP contribution in [0.15, 0.2) is 0 Å². The molecule has 0 atom stereocenters. The zero-order valence-corrected chi connectivity index (χ0v) is 31.9. The Morgan fingerprint density at radius 2 is 0.750 bits per heavy atom. The van der Waals surface area contributed by atoms with Gasteiger partial charge in [-0.05, 0) is 0 Å². The fraction of sp³-hybridized carbons (Fsp3) is 0.903. The molecule has 0 aliphatic rings. The Kier molecular flexibility index (Phi) is 8.67. The molecule has 0 fully saturated rings. The predicted molar refractivity (Wildman–Crippen MR) is 171 cm³/mol. The summed E-state index contributed by atoms with van der Waals surface area (Å²) in [5.74, 6) is 0. The van der Waals surface area contributed by atoms with E-state index in [0.717, 1.165) is 0 Å². The molecule has 0 spiro atoms. The Morgan fingerprint density at radius 1 is 0.528 bits per heavy atom. The molecular formula is C31H66N2Si3. The second-order valence-corrected chi connectivity index (χ2v) is 40.2. The zero-order valence-electron chi connectivity index (χ0n) is 28.9. The highest BCUT2D eigenvalue weighted by molar-refractivity contribution is 7.68. The maximum atomic E-state index is 2.67. The van der Waals surface area contributed by atoms with Gasteiger partial charge >= 0.3 is 0 Å². The van der Waals surface area contributed by atoms with Gasteiger partial charge in [-0.2, -0.15) is 7.83 Å². The molecule has 0 saturated heterocycles. The van der Waals surface area contributed by atoms with Crippen molar-refractivity contribution in [2.75, 3.05) is 0 Å². The maximum Gasteiger partial charge on any atom is 0.139 e. The van der Waals surface area contributed by atoms with Crippen LogP contribution in [0.2, 0.25) is 30.2 Å². The summed E-state index contributed by atoms with van der Waals surface area (Å²) < 4.78 is 5.33. The summed E-state index contributed by atoms with van der Waals surface area (Å²) in [5, 5.41) is 1.48. The van der Waals surface area contributed by atoms with Crippen molar-refractivity contribution in [1.82, 2.24) is 4.57 Å². The first kappa shape index (κ1) is 33.9. The minimum atomic E-state index is -2.19. The monoisotopic (exact) mass is 550 g/mol. The lowest BCUT2D eigenvalue weighted by molar-refractivity contribution is -0.659. The van der Waals surface area contributed by atoms with Gasteiger partial charge < -0.3 is 0 Å². The van der Waals surface area contributed by atoms with E-state index in [0.29, 0.717) is 0 Å². The fourth-order valence-electron chi connectivity index (χ4n) is 11.0. The van der Waals surface area contributed by atoms with Gasteiger partial charge in [0.05, 0.1) is 19.5 Å². The highest BCUT2D eigenvalue weighted by atomic mass is 29.6. The SMILES string of the molecule is Cc1c(C)[n+](C)c([Si-]([Si](C(C)(C)C)(C(C)(C)C)C(C)(C)C)[Si](C(C)(C)C)(C(C)(C)C)C(C)(C)C)n1C. The molecule has 0 N–H and O–H groups in total. The lowest BCUT2D eigenvalue weighted by Crippen LogP contribution is -2.89. The molecule has 2 nitrogen and oxygen atoms in total. The van der Waals surface area contributed by atoms with E-state index in [2.05, 4.69) is 162 Å². The molecule has 0 unspecified atom stereocenters. The van der Waals surface area contributed by atoms with Crippen molar-refractivity contribution in [2.24, 2.45) is 14.1 Å². The van der Waals surface area contributed by atoms with E-state index in [1.807, 2.05) is 0 Å². The molecule has 0 aliphatic heterocycles. The topological polar surface area (TPSA) is 8.81 Å². The van der Waals surface area contributed by atoms with Crippen molar-refractivity contribution in [3.8, 4) is 0 Å². The van der Waals surface area contributed by atoms with Gasteiger partial charge in [0.2, 0.25) is 0 Å². The van der Waals surface area contributed by atoms with Gasteiger partial charge in [0.15, 0.2) is 0 Å². The average molecular weight is 551 g/mol. The minimum Gasteiger partial charge on any atom is -0.267 e. The summed E-state index contributed by atoms with van der Waals surface area (Å²) in [4.78, 5) is 0. The molecule has 212 valence electrons. The first-order valence-electron chi connectivity index (χ1n) is 14.3. The summed E-state index contributed by atoms with van der Waals surface area (Å²) in [6, 6.07) is 0. The Balaban J connectivity index is 4.99. The summed E-state index contributed by atoms with van der Waals surface area (Å²) in [5.41, 5.74) is 4.58. The molecule has 36 heavy (non-hydrogen) atoms. The van der Waals surface area contributed by atoms with Gasteiger partial charge in [0, 0.05) is 13.8 Å². The standard InChI is InChI=1S/C31H66N2Si3/c1-23-24(2)33(22)25(32(23)21)34(35(26(3,4)5,27(6,7)8)28(9,10)11)36(29(12,13)14,30(15,16)17)31(18,19)20/h1-22H3. The number of hydrogen-bond donors (Lipinski definition) is 0. The lowest BCUT2D eigenvalue weighted by Gasteiger charge is -2.80. The van der Waals surface area contributed by atoms with Crippen LogP contribution in [0.25, 0.3) is 0 Å². The van der Waals surface area contributed by atoms with Crippen molar-refractivity contribution in [2.45, 2.75) is 169 Å². The maximum absolute atomic E-state index is 2.67. The van der Waals surface area contributed by atoms with E-state index in [4.69, 9.17) is 0 Å². The van der Waals surface area contributed by atoms with Crippen LogP contribution in [0.4, 0.5) is 0 Å². The van der Waals surface area contributed by atoms with Crippen LogP contribution < -0.4 is 10.0 Å². The highest BCUT2D eigenvalue weighted by Gasteiger charge is 2.68. The van der Waals surface area contributed by atoms with E-state index >= 15 is 0 Å². The van der Waals surface area contributed by atoms with Gasteiger partial charge in [0.25, 0.3) is 0 Å². The lowest BCUT2D eigenvalue weighted by atomic mass is 10.2. The molecule has 0 aromatic carbocycles. The summed E-state index contributed by atoms with van der Waals surface area (Å²) in [6.07, 6.45) is 0. The van der Waals surface area contributed by atoms with Gasteiger partial charge in [-0.15, -0.1) is 0 Å². The number of nitrogens with zero attached hydrogens (tertiary/aromatic N) is 2. The van der Waals surface area contributed by atoms with Gasteiger partial charge in [-0.3, -0.25) is 9.13 Å². The Morgan fingerprint density at radius 3 is 0.889 bits per heavy atom. The van der Waals surface area contributed by atoms with Crippen LogP contribution in [-0.2, 0) is 14.1 Å². The van der Waals surface area contributed by atoms with Crippen molar-refractivity contribution in [1.29, 1.82) is 0 Å². The molecule has 0 bridgehead atoms. The van der Waals surface area contributed by atoms with Gasteiger partial charge in [-0.1, -0.05) is 170 Å². The molecule has 5 heteroatoms. The molecule has 1 aromatic rings. The third-order valence-electron chi connectivity index (χ3n) is 9.89. The third-order valence-corrected chi connectivity index (χ3v) is 52.1.